The zero-order valence-electron chi connectivity index (χ0n) is 12.6. The molecule has 1 aromatic heterocycles. The van der Waals surface area contributed by atoms with Gasteiger partial charge in [-0.25, -0.2) is 0 Å². The van der Waals surface area contributed by atoms with E-state index < -0.39 is 0 Å². The van der Waals surface area contributed by atoms with Crippen LogP contribution in [-0.4, -0.2) is 47.3 Å². The van der Waals surface area contributed by atoms with E-state index in [0.29, 0.717) is 19.0 Å². The molecule has 0 aromatic carbocycles. The van der Waals surface area contributed by atoms with Crippen molar-refractivity contribution in [3.8, 4) is 0 Å². The number of ether oxygens (including phenoxy) is 1. The second-order valence-corrected chi connectivity index (χ2v) is 5.42. The van der Waals surface area contributed by atoms with Gasteiger partial charge in [0, 0.05) is 19.7 Å². The molecule has 0 radical (unpaired) electrons. The molecule has 0 spiro atoms. The SMILES string of the molecule is CCCCCOCC(=O)N1CCCC(c2nnc(N)o2)C1. The van der Waals surface area contributed by atoms with Gasteiger partial charge in [-0.1, -0.05) is 24.9 Å². The maximum atomic E-state index is 12.1. The van der Waals surface area contributed by atoms with E-state index in [9.17, 15) is 4.79 Å². The number of carbonyl (C=O) groups excluding carboxylic acids is 1. The molecule has 1 amide bonds. The lowest BCUT2D eigenvalue weighted by Gasteiger charge is -2.31. The first-order valence-electron chi connectivity index (χ1n) is 7.65. The summed E-state index contributed by atoms with van der Waals surface area (Å²) in [5, 5.41) is 7.59. The van der Waals surface area contributed by atoms with Gasteiger partial charge in [-0.05, 0) is 19.3 Å². The summed E-state index contributed by atoms with van der Waals surface area (Å²) < 4.78 is 10.7. The summed E-state index contributed by atoms with van der Waals surface area (Å²) in [4.78, 5) is 13.9. The number of hydrogen-bond donors (Lipinski definition) is 1. The van der Waals surface area contributed by atoms with E-state index in [1.807, 2.05) is 4.90 Å². The molecule has 21 heavy (non-hydrogen) atoms. The summed E-state index contributed by atoms with van der Waals surface area (Å²) in [6.07, 6.45) is 5.15. The molecule has 0 saturated carbocycles. The molecule has 2 N–H and O–H groups in total. The van der Waals surface area contributed by atoms with Gasteiger partial charge >= 0.3 is 6.01 Å². The standard InChI is InChI=1S/C14H24N4O3/c1-2-3-4-8-20-10-12(19)18-7-5-6-11(9-18)13-16-17-14(15)21-13/h11H,2-10H2,1H3,(H2,15,17). The lowest BCUT2D eigenvalue weighted by molar-refractivity contribution is -0.137. The lowest BCUT2D eigenvalue weighted by Crippen LogP contribution is -2.41. The first kappa shape index (κ1) is 15.8. The number of nitrogen functional groups attached to an aromatic ring is 1. The molecule has 1 saturated heterocycles. The van der Waals surface area contributed by atoms with Crippen molar-refractivity contribution in [2.75, 3.05) is 32.0 Å². The van der Waals surface area contributed by atoms with Crippen molar-refractivity contribution in [1.82, 2.24) is 15.1 Å². The van der Waals surface area contributed by atoms with Crippen LogP contribution in [0.1, 0.15) is 50.8 Å². The summed E-state index contributed by atoms with van der Waals surface area (Å²) in [6.45, 7) is 4.30. The number of rotatable bonds is 7. The Labute approximate surface area is 124 Å². The molecule has 2 rings (SSSR count). The Hall–Kier alpha value is -1.63. The third-order valence-electron chi connectivity index (χ3n) is 3.70. The second-order valence-electron chi connectivity index (χ2n) is 5.42. The van der Waals surface area contributed by atoms with Gasteiger partial charge in [0.15, 0.2) is 0 Å². The fourth-order valence-corrected chi connectivity index (χ4v) is 2.52. The molecule has 1 aliphatic rings. The minimum Gasteiger partial charge on any atom is -0.408 e. The number of carbonyl (C=O) groups is 1. The highest BCUT2D eigenvalue weighted by atomic mass is 16.5. The third kappa shape index (κ3) is 4.70. The van der Waals surface area contributed by atoms with Crippen molar-refractivity contribution in [3.05, 3.63) is 5.89 Å². The van der Waals surface area contributed by atoms with Gasteiger partial charge in [0.25, 0.3) is 0 Å². The Morgan fingerprint density at radius 2 is 2.33 bits per heavy atom. The van der Waals surface area contributed by atoms with Crippen LogP contribution in [-0.2, 0) is 9.53 Å². The van der Waals surface area contributed by atoms with Gasteiger partial charge in [0.2, 0.25) is 11.8 Å². The number of anilines is 1. The summed E-state index contributed by atoms with van der Waals surface area (Å²) in [7, 11) is 0. The van der Waals surface area contributed by atoms with Crippen LogP contribution in [0.4, 0.5) is 6.01 Å². The largest absolute Gasteiger partial charge is 0.408 e. The van der Waals surface area contributed by atoms with E-state index in [0.717, 1.165) is 38.6 Å². The van der Waals surface area contributed by atoms with Gasteiger partial charge in [0.1, 0.15) is 6.61 Å². The maximum Gasteiger partial charge on any atom is 0.312 e. The molecule has 1 atom stereocenters. The van der Waals surface area contributed by atoms with Crippen molar-refractivity contribution in [2.45, 2.75) is 44.9 Å². The van der Waals surface area contributed by atoms with E-state index in [1.54, 1.807) is 0 Å². The number of piperidine rings is 1. The average Bonchev–Trinajstić information content (AvgIpc) is 2.93. The molecule has 7 nitrogen and oxygen atoms in total. The quantitative estimate of drug-likeness (QED) is 0.767. The molecule has 1 unspecified atom stereocenters. The molecule has 1 aliphatic heterocycles. The molecular weight excluding hydrogens is 272 g/mol. The number of aromatic nitrogens is 2. The maximum absolute atomic E-state index is 12.1. The Balaban J connectivity index is 1.76. The van der Waals surface area contributed by atoms with Crippen LogP contribution in [0.5, 0.6) is 0 Å². The Bertz CT molecular complexity index is 449. The number of nitrogens with two attached hydrogens (primary N) is 1. The van der Waals surface area contributed by atoms with Crippen molar-refractivity contribution < 1.29 is 13.9 Å². The van der Waals surface area contributed by atoms with Crippen LogP contribution >= 0.6 is 0 Å². The smallest absolute Gasteiger partial charge is 0.312 e. The van der Waals surface area contributed by atoms with Gasteiger partial charge < -0.3 is 19.8 Å². The van der Waals surface area contributed by atoms with Crippen LogP contribution in [0.3, 0.4) is 0 Å². The van der Waals surface area contributed by atoms with Crippen LogP contribution in [0, 0.1) is 0 Å². The fraction of sp³-hybridized carbons (Fsp3) is 0.786. The molecule has 1 fully saturated rings. The van der Waals surface area contributed by atoms with Crippen molar-refractivity contribution in [3.63, 3.8) is 0 Å². The molecular formula is C14H24N4O3. The third-order valence-corrected chi connectivity index (χ3v) is 3.70. The van der Waals surface area contributed by atoms with Crippen molar-refractivity contribution >= 4 is 11.9 Å². The fourth-order valence-electron chi connectivity index (χ4n) is 2.52. The summed E-state index contributed by atoms with van der Waals surface area (Å²) in [5.74, 6) is 0.630. The lowest BCUT2D eigenvalue weighted by atomic mass is 9.98. The Morgan fingerprint density at radius 1 is 1.48 bits per heavy atom. The van der Waals surface area contributed by atoms with E-state index in [2.05, 4.69) is 17.1 Å². The summed E-state index contributed by atoms with van der Waals surface area (Å²) >= 11 is 0. The minimum absolute atomic E-state index is 0.0312. The molecule has 118 valence electrons. The van der Waals surface area contributed by atoms with Crippen LogP contribution in [0.25, 0.3) is 0 Å². The molecule has 0 aliphatic carbocycles. The first-order valence-corrected chi connectivity index (χ1v) is 7.65. The van der Waals surface area contributed by atoms with E-state index in [1.165, 1.54) is 0 Å². The second kappa shape index (κ2) is 7.97. The zero-order chi connectivity index (χ0) is 15.1. The normalized spacial score (nSPS) is 18.9. The van der Waals surface area contributed by atoms with Gasteiger partial charge in [-0.3, -0.25) is 4.79 Å². The predicted molar refractivity (Wildman–Crippen MR) is 77.6 cm³/mol. The highest BCUT2D eigenvalue weighted by Gasteiger charge is 2.28. The van der Waals surface area contributed by atoms with Crippen molar-refractivity contribution in [2.24, 2.45) is 0 Å². The summed E-state index contributed by atoms with van der Waals surface area (Å²) in [6, 6.07) is 0.0766. The summed E-state index contributed by atoms with van der Waals surface area (Å²) in [5.41, 5.74) is 5.44. The molecule has 7 heteroatoms. The number of hydrogen-bond acceptors (Lipinski definition) is 6. The van der Waals surface area contributed by atoms with Crippen LogP contribution < -0.4 is 5.73 Å². The van der Waals surface area contributed by atoms with Crippen LogP contribution in [0.2, 0.25) is 0 Å². The average molecular weight is 296 g/mol. The first-order chi connectivity index (χ1) is 10.2. The van der Waals surface area contributed by atoms with Gasteiger partial charge in [0.05, 0.1) is 5.92 Å². The minimum atomic E-state index is 0.0312. The number of unbranched alkanes of at least 4 members (excludes halogenated alkanes) is 2. The van der Waals surface area contributed by atoms with Crippen molar-refractivity contribution in [1.29, 1.82) is 0 Å². The van der Waals surface area contributed by atoms with E-state index >= 15 is 0 Å². The molecule has 0 bridgehead atoms. The molecule has 2 heterocycles. The van der Waals surface area contributed by atoms with Gasteiger partial charge in [-0.15, -0.1) is 5.10 Å². The highest BCUT2D eigenvalue weighted by Crippen LogP contribution is 2.26. The number of nitrogens with zero attached hydrogens (tertiary/aromatic N) is 3. The Morgan fingerprint density at radius 3 is 3.05 bits per heavy atom. The zero-order valence-corrected chi connectivity index (χ0v) is 12.6. The van der Waals surface area contributed by atoms with Crippen LogP contribution in [0.15, 0.2) is 4.42 Å². The predicted octanol–water partition coefficient (Wildman–Crippen LogP) is 1.56. The van der Waals surface area contributed by atoms with E-state index in [-0.39, 0.29) is 24.4 Å². The number of amides is 1. The highest BCUT2D eigenvalue weighted by molar-refractivity contribution is 5.77. The van der Waals surface area contributed by atoms with Gasteiger partial charge in [-0.2, -0.15) is 0 Å². The van der Waals surface area contributed by atoms with E-state index in [4.69, 9.17) is 14.9 Å². The Kier molecular flexibility index (Phi) is 5.98. The number of likely N-dealkylation sites (tertiary alicyclic amines) is 1. The monoisotopic (exact) mass is 296 g/mol. The molecule has 1 aromatic rings. The topological polar surface area (TPSA) is 94.5 Å².